The molecule has 4 heteroatoms. The molecule has 3 aromatic rings. The Morgan fingerprint density at radius 1 is 0.750 bits per heavy atom. The smallest absolute Gasteiger partial charge is 0.253 e. The van der Waals surface area contributed by atoms with Gasteiger partial charge in [0, 0.05) is 61.0 Å². The van der Waals surface area contributed by atoms with Crippen LogP contribution in [0.4, 0.5) is 5.69 Å². The number of piperazine rings is 1. The van der Waals surface area contributed by atoms with Crippen LogP contribution in [0.25, 0.3) is 0 Å². The van der Waals surface area contributed by atoms with Crippen LogP contribution in [0.15, 0.2) is 79.1 Å². The zero-order valence-corrected chi connectivity index (χ0v) is 15.6. The maximum Gasteiger partial charge on any atom is 0.253 e. The summed E-state index contributed by atoms with van der Waals surface area (Å²) in [6.45, 7) is 3.10. The SMILES string of the molecule is O=C(c1ccc(C#Cc2ccccc2)cc1)N1CCN(c2ccncc2)CC1. The monoisotopic (exact) mass is 367 g/mol. The third-order valence-electron chi connectivity index (χ3n) is 4.85. The summed E-state index contributed by atoms with van der Waals surface area (Å²) in [6, 6.07) is 21.5. The Morgan fingerprint density at radius 2 is 1.36 bits per heavy atom. The van der Waals surface area contributed by atoms with E-state index in [1.54, 1.807) is 12.4 Å². The van der Waals surface area contributed by atoms with Gasteiger partial charge in [0.25, 0.3) is 5.91 Å². The van der Waals surface area contributed by atoms with E-state index < -0.39 is 0 Å². The minimum absolute atomic E-state index is 0.0805. The Morgan fingerprint density at radius 3 is 2.00 bits per heavy atom. The lowest BCUT2D eigenvalue weighted by Crippen LogP contribution is -2.48. The molecule has 0 aliphatic carbocycles. The lowest BCUT2D eigenvalue weighted by Gasteiger charge is -2.36. The quantitative estimate of drug-likeness (QED) is 0.651. The fourth-order valence-electron chi connectivity index (χ4n) is 3.27. The number of benzene rings is 2. The minimum Gasteiger partial charge on any atom is -0.368 e. The van der Waals surface area contributed by atoms with Gasteiger partial charge in [0.1, 0.15) is 0 Å². The van der Waals surface area contributed by atoms with Crippen molar-refractivity contribution in [3.8, 4) is 11.8 Å². The van der Waals surface area contributed by atoms with Crippen molar-refractivity contribution in [2.24, 2.45) is 0 Å². The molecule has 2 aromatic carbocycles. The number of carbonyl (C=O) groups excluding carboxylic acids is 1. The van der Waals surface area contributed by atoms with Gasteiger partial charge < -0.3 is 9.80 Å². The summed E-state index contributed by atoms with van der Waals surface area (Å²) in [5.41, 5.74) is 3.75. The highest BCUT2D eigenvalue weighted by atomic mass is 16.2. The first-order valence-electron chi connectivity index (χ1n) is 9.41. The second kappa shape index (κ2) is 8.41. The second-order valence-electron chi connectivity index (χ2n) is 6.68. The van der Waals surface area contributed by atoms with Gasteiger partial charge in [0.15, 0.2) is 0 Å². The van der Waals surface area contributed by atoms with Gasteiger partial charge in [-0.3, -0.25) is 9.78 Å². The largest absolute Gasteiger partial charge is 0.368 e. The van der Waals surface area contributed by atoms with Crippen LogP contribution in [-0.2, 0) is 0 Å². The van der Waals surface area contributed by atoms with Crippen LogP contribution in [0.1, 0.15) is 21.5 Å². The maximum absolute atomic E-state index is 12.8. The van der Waals surface area contributed by atoms with Crippen LogP contribution >= 0.6 is 0 Å². The summed E-state index contributed by atoms with van der Waals surface area (Å²) >= 11 is 0. The number of carbonyl (C=O) groups is 1. The van der Waals surface area contributed by atoms with Crippen LogP contribution in [0.5, 0.6) is 0 Å². The Labute approximate surface area is 165 Å². The molecule has 0 atom stereocenters. The number of hydrogen-bond acceptors (Lipinski definition) is 3. The number of aromatic nitrogens is 1. The van der Waals surface area contributed by atoms with E-state index in [1.165, 1.54) is 0 Å². The molecule has 1 amide bonds. The second-order valence-corrected chi connectivity index (χ2v) is 6.68. The summed E-state index contributed by atoms with van der Waals surface area (Å²) < 4.78 is 0. The molecule has 0 radical (unpaired) electrons. The van der Waals surface area contributed by atoms with Crippen molar-refractivity contribution >= 4 is 11.6 Å². The Kier molecular flexibility index (Phi) is 5.35. The van der Waals surface area contributed by atoms with E-state index >= 15 is 0 Å². The molecule has 4 nitrogen and oxygen atoms in total. The number of amides is 1. The molecule has 1 saturated heterocycles. The topological polar surface area (TPSA) is 36.4 Å². The van der Waals surface area contributed by atoms with Crippen LogP contribution in [0, 0.1) is 11.8 Å². The van der Waals surface area contributed by atoms with Crippen molar-refractivity contribution in [3.05, 3.63) is 95.8 Å². The molecule has 4 rings (SSSR count). The molecule has 0 unspecified atom stereocenters. The van der Waals surface area contributed by atoms with E-state index in [4.69, 9.17) is 0 Å². The third-order valence-corrected chi connectivity index (χ3v) is 4.85. The van der Waals surface area contributed by atoms with Gasteiger partial charge in [-0.2, -0.15) is 0 Å². The standard InChI is InChI=1S/C24H21N3O/c28-24(27-18-16-26(17-19-27)23-12-14-25-15-13-23)22-10-8-21(9-11-22)7-6-20-4-2-1-3-5-20/h1-5,8-15H,16-19H2. The van der Waals surface area contributed by atoms with Gasteiger partial charge in [-0.15, -0.1) is 0 Å². The molecule has 2 heterocycles. The Bertz CT molecular complexity index is 981. The van der Waals surface area contributed by atoms with Gasteiger partial charge in [-0.05, 0) is 48.5 Å². The van der Waals surface area contributed by atoms with Crippen LogP contribution < -0.4 is 4.90 Å². The first kappa shape index (κ1) is 17.8. The zero-order valence-electron chi connectivity index (χ0n) is 15.6. The average molecular weight is 367 g/mol. The molecule has 0 N–H and O–H groups in total. The van der Waals surface area contributed by atoms with Crippen molar-refractivity contribution in [1.29, 1.82) is 0 Å². The number of rotatable bonds is 2. The number of pyridine rings is 1. The van der Waals surface area contributed by atoms with Crippen molar-refractivity contribution in [2.45, 2.75) is 0 Å². The molecular formula is C24H21N3O. The summed E-state index contributed by atoms with van der Waals surface area (Å²) in [5.74, 6) is 6.36. The third kappa shape index (κ3) is 4.21. The van der Waals surface area contributed by atoms with Crippen molar-refractivity contribution in [1.82, 2.24) is 9.88 Å². The average Bonchev–Trinajstić information content (AvgIpc) is 2.79. The molecule has 1 aromatic heterocycles. The van der Waals surface area contributed by atoms with Gasteiger partial charge in [0.05, 0.1) is 0 Å². The van der Waals surface area contributed by atoms with Crippen molar-refractivity contribution in [3.63, 3.8) is 0 Å². The first-order chi connectivity index (χ1) is 13.8. The minimum atomic E-state index is 0.0805. The predicted octanol–water partition coefficient (Wildman–Crippen LogP) is 3.44. The maximum atomic E-state index is 12.8. The van der Waals surface area contributed by atoms with E-state index in [2.05, 4.69) is 21.7 Å². The van der Waals surface area contributed by atoms with E-state index in [9.17, 15) is 4.79 Å². The molecule has 0 saturated carbocycles. The van der Waals surface area contributed by atoms with Gasteiger partial charge >= 0.3 is 0 Å². The van der Waals surface area contributed by atoms with E-state index in [1.807, 2.05) is 71.6 Å². The Hall–Kier alpha value is -3.58. The van der Waals surface area contributed by atoms with Crippen LogP contribution in [-0.4, -0.2) is 42.0 Å². The number of hydrogen-bond donors (Lipinski definition) is 0. The molecular weight excluding hydrogens is 346 g/mol. The predicted molar refractivity (Wildman–Crippen MR) is 111 cm³/mol. The van der Waals surface area contributed by atoms with E-state index in [0.29, 0.717) is 5.56 Å². The summed E-state index contributed by atoms with van der Waals surface area (Å²) in [6.07, 6.45) is 3.60. The number of anilines is 1. The lowest BCUT2D eigenvalue weighted by molar-refractivity contribution is 0.0747. The van der Waals surface area contributed by atoms with Crippen molar-refractivity contribution < 1.29 is 4.79 Å². The van der Waals surface area contributed by atoms with Crippen LogP contribution in [0.3, 0.4) is 0 Å². The van der Waals surface area contributed by atoms with Gasteiger partial charge in [-0.25, -0.2) is 0 Å². The van der Waals surface area contributed by atoms with Gasteiger partial charge in [0.2, 0.25) is 0 Å². The normalized spacial score (nSPS) is 13.6. The molecule has 1 aliphatic rings. The molecule has 1 fully saturated rings. The summed E-state index contributed by atoms with van der Waals surface area (Å²) in [7, 11) is 0. The van der Waals surface area contributed by atoms with E-state index in [-0.39, 0.29) is 5.91 Å². The molecule has 0 bridgehead atoms. The Balaban J connectivity index is 1.37. The molecule has 0 spiro atoms. The molecule has 28 heavy (non-hydrogen) atoms. The molecule has 1 aliphatic heterocycles. The van der Waals surface area contributed by atoms with E-state index in [0.717, 1.165) is 43.0 Å². The summed E-state index contributed by atoms with van der Waals surface area (Å²) in [5, 5.41) is 0. The zero-order chi connectivity index (χ0) is 19.2. The highest BCUT2D eigenvalue weighted by Crippen LogP contribution is 2.16. The molecule has 138 valence electrons. The number of nitrogens with zero attached hydrogens (tertiary/aromatic N) is 3. The fraction of sp³-hybridized carbons (Fsp3) is 0.167. The van der Waals surface area contributed by atoms with Crippen molar-refractivity contribution in [2.75, 3.05) is 31.1 Å². The fourth-order valence-corrected chi connectivity index (χ4v) is 3.27. The highest BCUT2D eigenvalue weighted by molar-refractivity contribution is 5.94. The highest BCUT2D eigenvalue weighted by Gasteiger charge is 2.22. The summed E-state index contributed by atoms with van der Waals surface area (Å²) in [4.78, 5) is 21.1. The van der Waals surface area contributed by atoms with Crippen LogP contribution in [0.2, 0.25) is 0 Å². The lowest BCUT2D eigenvalue weighted by atomic mass is 10.1. The van der Waals surface area contributed by atoms with Gasteiger partial charge in [-0.1, -0.05) is 30.0 Å². The first-order valence-corrected chi connectivity index (χ1v) is 9.41.